The third kappa shape index (κ3) is 4.16. The molecule has 2 heterocycles. The fourth-order valence-corrected chi connectivity index (χ4v) is 3.36. The van der Waals surface area contributed by atoms with Gasteiger partial charge in [-0.1, -0.05) is 30.3 Å². The predicted molar refractivity (Wildman–Crippen MR) is 107 cm³/mol. The Hall–Kier alpha value is -2.90. The van der Waals surface area contributed by atoms with Crippen molar-refractivity contribution >= 4 is 23.7 Å². The van der Waals surface area contributed by atoms with Crippen molar-refractivity contribution in [2.24, 2.45) is 4.99 Å². The maximum atomic E-state index is 12.2. The second kappa shape index (κ2) is 8.41. The zero-order valence-corrected chi connectivity index (χ0v) is 15.5. The Balaban J connectivity index is 1.36. The largest absolute Gasteiger partial charge is 0.442 e. The van der Waals surface area contributed by atoms with Crippen molar-refractivity contribution in [2.75, 3.05) is 42.6 Å². The SMILES string of the molecule is O=C1O[C@@H](C/N=C/c2ccccc2)CN1c1ccc(N2CCOCC2O)cc1. The zero-order chi connectivity index (χ0) is 19.3. The van der Waals surface area contributed by atoms with E-state index >= 15 is 0 Å². The molecule has 0 aliphatic carbocycles. The predicted octanol–water partition coefficient (Wildman–Crippen LogP) is 2.29. The molecule has 1 unspecified atom stereocenters. The molecule has 1 amide bonds. The van der Waals surface area contributed by atoms with Crippen LogP contribution in [0, 0.1) is 0 Å². The standard InChI is InChI=1S/C21H23N3O4/c25-20-15-27-11-10-23(20)17-6-8-18(9-7-17)24-14-19(28-21(24)26)13-22-12-16-4-2-1-3-5-16/h1-9,12,19-20,25H,10-11,13-15H2/b22-12+/t19-,20?/m0/s1. The molecule has 0 aromatic heterocycles. The van der Waals surface area contributed by atoms with Gasteiger partial charge in [-0.25, -0.2) is 4.79 Å². The monoisotopic (exact) mass is 381 g/mol. The quantitative estimate of drug-likeness (QED) is 0.805. The number of cyclic esters (lactones) is 1. The molecular weight excluding hydrogens is 358 g/mol. The molecule has 28 heavy (non-hydrogen) atoms. The highest BCUT2D eigenvalue weighted by atomic mass is 16.6. The molecule has 2 aliphatic rings. The molecule has 146 valence electrons. The summed E-state index contributed by atoms with van der Waals surface area (Å²) in [6.45, 7) is 2.40. The van der Waals surface area contributed by atoms with E-state index < -0.39 is 6.23 Å². The first kappa shape index (κ1) is 18.5. The first-order chi connectivity index (χ1) is 13.7. The second-order valence-electron chi connectivity index (χ2n) is 6.79. The summed E-state index contributed by atoms with van der Waals surface area (Å²) in [7, 11) is 0. The van der Waals surface area contributed by atoms with Crippen molar-refractivity contribution < 1.29 is 19.4 Å². The first-order valence-corrected chi connectivity index (χ1v) is 9.36. The maximum absolute atomic E-state index is 12.2. The van der Waals surface area contributed by atoms with Gasteiger partial charge in [0.25, 0.3) is 0 Å². The van der Waals surface area contributed by atoms with Crippen LogP contribution in [0.5, 0.6) is 0 Å². The van der Waals surface area contributed by atoms with Gasteiger partial charge in [0.05, 0.1) is 26.3 Å². The number of hydrogen-bond donors (Lipinski definition) is 1. The molecule has 7 heteroatoms. The van der Waals surface area contributed by atoms with E-state index in [4.69, 9.17) is 9.47 Å². The van der Waals surface area contributed by atoms with Crippen LogP contribution in [0.3, 0.4) is 0 Å². The number of nitrogens with zero attached hydrogens (tertiary/aromatic N) is 3. The molecule has 2 aliphatic heterocycles. The summed E-state index contributed by atoms with van der Waals surface area (Å²) in [5.74, 6) is 0. The fourth-order valence-electron chi connectivity index (χ4n) is 3.36. The van der Waals surface area contributed by atoms with Gasteiger partial charge in [-0.3, -0.25) is 9.89 Å². The molecule has 1 N–H and O–H groups in total. The van der Waals surface area contributed by atoms with Crippen LogP contribution >= 0.6 is 0 Å². The van der Waals surface area contributed by atoms with Crippen LogP contribution in [0.15, 0.2) is 59.6 Å². The van der Waals surface area contributed by atoms with Crippen molar-refractivity contribution in [1.82, 2.24) is 0 Å². The summed E-state index contributed by atoms with van der Waals surface area (Å²) in [6, 6.07) is 17.4. The number of aliphatic hydroxyl groups is 1. The number of carbonyl (C=O) groups excluding carboxylic acids is 1. The third-order valence-corrected chi connectivity index (χ3v) is 4.82. The van der Waals surface area contributed by atoms with Gasteiger partial charge in [0, 0.05) is 24.1 Å². The average Bonchev–Trinajstić information content (AvgIpc) is 3.10. The fraction of sp³-hybridized carbons (Fsp3) is 0.333. The Morgan fingerprint density at radius 2 is 1.86 bits per heavy atom. The number of hydrogen-bond acceptors (Lipinski definition) is 6. The molecular formula is C21H23N3O4. The van der Waals surface area contributed by atoms with E-state index in [-0.39, 0.29) is 12.2 Å². The van der Waals surface area contributed by atoms with Crippen LogP contribution in [0.1, 0.15) is 5.56 Å². The summed E-state index contributed by atoms with van der Waals surface area (Å²) < 4.78 is 10.7. The van der Waals surface area contributed by atoms with Gasteiger partial charge in [-0.15, -0.1) is 0 Å². The molecule has 2 aromatic carbocycles. The Bertz CT molecular complexity index is 825. The lowest BCUT2D eigenvalue weighted by Gasteiger charge is -2.34. The van der Waals surface area contributed by atoms with E-state index in [0.29, 0.717) is 32.8 Å². The van der Waals surface area contributed by atoms with Gasteiger partial charge in [-0.05, 0) is 29.8 Å². The van der Waals surface area contributed by atoms with Crippen molar-refractivity contribution in [3.8, 4) is 0 Å². The number of ether oxygens (including phenoxy) is 2. The number of aliphatic imine (C=N–C) groups is 1. The molecule has 7 nitrogen and oxygen atoms in total. The van der Waals surface area contributed by atoms with Gasteiger partial charge in [0.2, 0.25) is 0 Å². The van der Waals surface area contributed by atoms with E-state index in [1.165, 1.54) is 0 Å². The van der Waals surface area contributed by atoms with Crippen molar-refractivity contribution in [1.29, 1.82) is 0 Å². The van der Waals surface area contributed by atoms with Crippen LogP contribution in [0.2, 0.25) is 0 Å². The number of morpholine rings is 1. The van der Waals surface area contributed by atoms with Gasteiger partial charge < -0.3 is 19.5 Å². The average molecular weight is 381 g/mol. The Labute approximate surface area is 163 Å². The van der Waals surface area contributed by atoms with Crippen LogP contribution in [-0.2, 0) is 9.47 Å². The van der Waals surface area contributed by atoms with Crippen LogP contribution < -0.4 is 9.80 Å². The second-order valence-corrected chi connectivity index (χ2v) is 6.79. The Kier molecular flexibility index (Phi) is 5.55. The summed E-state index contributed by atoms with van der Waals surface area (Å²) in [5, 5.41) is 10.0. The van der Waals surface area contributed by atoms with Crippen molar-refractivity contribution in [3.63, 3.8) is 0 Å². The summed E-state index contributed by atoms with van der Waals surface area (Å²) in [5.41, 5.74) is 2.69. The molecule has 0 spiro atoms. The normalized spacial score (nSPS) is 22.7. The van der Waals surface area contributed by atoms with Crippen LogP contribution in [0.25, 0.3) is 0 Å². The lowest BCUT2D eigenvalue weighted by molar-refractivity contribution is 0.00633. The van der Waals surface area contributed by atoms with E-state index in [1.54, 1.807) is 11.1 Å². The number of benzene rings is 2. The van der Waals surface area contributed by atoms with Gasteiger partial charge >= 0.3 is 6.09 Å². The maximum Gasteiger partial charge on any atom is 0.414 e. The minimum Gasteiger partial charge on any atom is -0.442 e. The number of aliphatic hydroxyl groups excluding tert-OH is 1. The molecule has 0 saturated carbocycles. The lowest BCUT2D eigenvalue weighted by Crippen LogP contribution is -2.45. The summed E-state index contributed by atoms with van der Waals surface area (Å²) >= 11 is 0. The van der Waals surface area contributed by atoms with E-state index in [9.17, 15) is 9.90 Å². The smallest absolute Gasteiger partial charge is 0.414 e. The van der Waals surface area contributed by atoms with Crippen LogP contribution in [0.4, 0.5) is 16.2 Å². The zero-order valence-electron chi connectivity index (χ0n) is 15.5. The van der Waals surface area contributed by atoms with E-state index in [0.717, 1.165) is 16.9 Å². The number of carbonyl (C=O) groups is 1. The molecule has 2 aromatic rings. The molecule has 0 bridgehead atoms. The molecule has 4 rings (SSSR count). The number of rotatable bonds is 5. The Morgan fingerprint density at radius 3 is 2.61 bits per heavy atom. The molecule has 2 saturated heterocycles. The molecule has 2 fully saturated rings. The van der Waals surface area contributed by atoms with Crippen molar-refractivity contribution in [3.05, 3.63) is 60.2 Å². The summed E-state index contributed by atoms with van der Waals surface area (Å²) in [4.78, 5) is 20.1. The highest BCUT2D eigenvalue weighted by molar-refractivity contribution is 5.90. The topological polar surface area (TPSA) is 74.6 Å². The Morgan fingerprint density at radius 1 is 1.11 bits per heavy atom. The first-order valence-electron chi connectivity index (χ1n) is 9.36. The summed E-state index contributed by atoms with van der Waals surface area (Å²) in [6.07, 6.45) is 0.509. The minimum absolute atomic E-state index is 0.270. The number of anilines is 2. The molecule has 0 radical (unpaired) electrons. The lowest BCUT2D eigenvalue weighted by atomic mass is 10.2. The van der Waals surface area contributed by atoms with Crippen molar-refractivity contribution in [2.45, 2.75) is 12.3 Å². The number of amides is 1. The molecule has 2 atom stereocenters. The minimum atomic E-state index is -0.650. The highest BCUT2D eigenvalue weighted by Gasteiger charge is 2.32. The third-order valence-electron chi connectivity index (χ3n) is 4.82. The van der Waals surface area contributed by atoms with E-state index in [2.05, 4.69) is 4.99 Å². The van der Waals surface area contributed by atoms with Gasteiger partial charge in [0.15, 0.2) is 6.23 Å². The van der Waals surface area contributed by atoms with Gasteiger partial charge in [-0.2, -0.15) is 0 Å². The van der Waals surface area contributed by atoms with Crippen LogP contribution in [-0.4, -0.2) is 62.6 Å². The van der Waals surface area contributed by atoms with E-state index in [1.807, 2.05) is 59.5 Å². The highest BCUT2D eigenvalue weighted by Crippen LogP contribution is 2.26. The van der Waals surface area contributed by atoms with Gasteiger partial charge in [0.1, 0.15) is 6.10 Å².